The van der Waals surface area contributed by atoms with E-state index in [0.29, 0.717) is 6.61 Å². The van der Waals surface area contributed by atoms with Crippen molar-refractivity contribution >= 4 is 11.8 Å². The predicted octanol–water partition coefficient (Wildman–Crippen LogP) is 2.38. The van der Waals surface area contributed by atoms with Crippen molar-refractivity contribution in [1.29, 1.82) is 0 Å². The minimum absolute atomic E-state index is 0.268. The first kappa shape index (κ1) is 18.5. The molecule has 131 valence electrons. The Morgan fingerprint density at radius 2 is 1.52 bits per heavy atom. The molecule has 0 heterocycles. The van der Waals surface area contributed by atoms with Crippen molar-refractivity contribution in [3.63, 3.8) is 0 Å². The molecule has 2 aromatic carbocycles. The molecule has 0 aliphatic carbocycles. The molecule has 0 aromatic heterocycles. The SMILES string of the molecule is CC(C)([C](Cc1ccc(OCc2ccccc2)cc1)C(N)=O)C(N)=O. The van der Waals surface area contributed by atoms with E-state index in [2.05, 4.69) is 0 Å². The summed E-state index contributed by atoms with van der Waals surface area (Å²) < 4.78 is 5.73. The fourth-order valence-corrected chi connectivity index (χ4v) is 2.41. The number of carbonyl (C=O) groups excluding carboxylic acids is 2. The summed E-state index contributed by atoms with van der Waals surface area (Å²) in [5, 5.41) is 0. The van der Waals surface area contributed by atoms with Crippen LogP contribution in [0.3, 0.4) is 0 Å². The van der Waals surface area contributed by atoms with Crippen LogP contribution < -0.4 is 16.2 Å². The van der Waals surface area contributed by atoms with Crippen molar-refractivity contribution in [2.75, 3.05) is 0 Å². The smallest absolute Gasteiger partial charge is 0.226 e. The normalized spacial score (nSPS) is 11.3. The third-order valence-corrected chi connectivity index (χ3v) is 4.22. The molecule has 0 aliphatic rings. The van der Waals surface area contributed by atoms with Gasteiger partial charge in [0.2, 0.25) is 11.8 Å². The minimum atomic E-state index is -1.09. The summed E-state index contributed by atoms with van der Waals surface area (Å²) in [6.45, 7) is 3.69. The van der Waals surface area contributed by atoms with Crippen LogP contribution in [0.5, 0.6) is 5.75 Å². The van der Waals surface area contributed by atoms with Gasteiger partial charge in [0.25, 0.3) is 0 Å². The van der Waals surface area contributed by atoms with Crippen LogP contribution in [0.15, 0.2) is 54.6 Å². The van der Waals surface area contributed by atoms with Crippen LogP contribution in [0.25, 0.3) is 0 Å². The van der Waals surface area contributed by atoms with Gasteiger partial charge in [0.1, 0.15) is 12.4 Å². The predicted molar refractivity (Wildman–Crippen MR) is 96.3 cm³/mol. The highest BCUT2D eigenvalue weighted by molar-refractivity contribution is 5.98. The Morgan fingerprint density at radius 1 is 0.920 bits per heavy atom. The minimum Gasteiger partial charge on any atom is -0.489 e. The molecule has 0 unspecified atom stereocenters. The van der Waals surface area contributed by atoms with Gasteiger partial charge >= 0.3 is 0 Å². The molecule has 2 rings (SSSR count). The maximum absolute atomic E-state index is 11.7. The summed E-state index contributed by atoms with van der Waals surface area (Å²) in [7, 11) is 0. The van der Waals surface area contributed by atoms with Crippen molar-refractivity contribution in [1.82, 2.24) is 0 Å². The Kier molecular flexibility index (Phi) is 5.80. The number of amides is 2. The highest BCUT2D eigenvalue weighted by atomic mass is 16.5. The summed E-state index contributed by atoms with van der Waals surface area (Å²) in [6.07, 6.45) is 0.268. The molecule has 2 amide bonds. The van der Waals surface area contributed by atoms with E-state index in [4.69, 9.17) is 16.2 Å². The highest BCUT2D eigenvalue weighted by Crippen LogP contribution is 2.31. The van der Waals surface area contributed by atoms with Crippen LogP contribution in [0, 0.1) is 11.3 Å². The Balaban J connectivity index is 2.03. The summed E-state index contributed by atoms with van der Waals surface area (Å²) in [5.74, 6) is -0.183. The molecule has 0 saturated carbocycles. The summed E-state index contributed by atoms with van der Waals surface area (Å²) in [6, 6.07) is 17.2. The molecule has 4 N–H and O–H groups in total. The van der Waals surface area contributed by atoms with Crippen LogP contribution in [0.4, 0.5) is 0 Å². The summed E-state index contributed by atoms with van der Waals surface area (Å²) in [5.41, 5.74) is 11.7. The largest absolute Gasteiger partial charge is 0.489 e. The van der Waals surface area contributed by atoms with Crippen molar-refractivity contribution in [2.24, 2.45) is 16.9 Å². The quantitative estimate of drug-likeness (QED) is 0.773. The molecule has 2 aromatic rings. The number of carbonyl (C=O) groups is 2. The second-order valence-corrected chi connectivity index (χ2v) is 6.43. The molecular formula is C20H23N2O3. The molecule has 0 atom stereocenters. The van der Waals surface area contributed by atoms with E-state index < -0.39 is 17.2 Å². The average molecular weight is 339 g/mol. The molecule has 0 fully saturated rings. The molecule has 5 nitrogen and oxygen atoms in total. The van der Waals surface area contributed by atoms with Gasteiger partial charge in [-0.05, 0) is 43.5 Å². The van der Waals surface area contributed by atoms with Crippen LogP contribution in [0.2, 0.25) is 0 Å². The van der Waals surface area contributed by atoms with E-state index in [1.807, 2.05) is 54.6 Å². The Morgan fingerprint density at radius 3 is 2.04 bits per heavy atom. The average Bonchev–Trinajstić information content (AvgIpc) is 2.59. The zero-order valence-corrected chi connectivity index (χ0v) is 14.5. The van der Waals surface area contributed by atoms with Gasteiger partial charge in [-0.25, -0.2) is 0 Å². The number of rotatable bonds is 8. The van der Waals surface area contributed by atoms with E-state index in [-0.39, 0.29) is 12.3 Å². The van der Waals surface area contributed by atoms with E-state index in [1.54, 1.807) is 13.8 Å². The molecule has 0 spiro atoms. The highest BCUT2D eigenvalue weighted by Gasteiger charge is 2.39. The number of hydrogen-bond acceptors (Lipinski definition) is 3. The van der Waals surface area contributed by atoms with Crippen LogP contribution in [-0.2, 0) is 22.6 Å². The molecule has 0 bridgehead atoms. The van der Waals surface area contributed by atoms with Crippen molar-refractivity contribution in [2.45, 2.75) is 26.9 Å². The van der Waals surface area contributed by atoms with Gasteiger partial charge in [-0.1, -0.05) is 42.5 Å². The van der Waals surface area contributed by atoms with Crippen molar-refractivity contribution < 1.29 is 14.3 Å². The number of benzene rings is 2. The van der Waals surface area contributed by atoms with E-state index in [1.165, 1.54) is 0 Å². The second-order valence-electron chi connectivity index (χ2n) is 6.43. The van der Waals surface area contributed by atoms with Gasteiger partial charge in [-0.3, -0.25) is 9.59 Å². The van der Waals surface area contributed by atoms with Gasteiger partial charge in [-0.15, -0.1) is 0 Å². The lowest BCUT2D eigenvalue weighted by Crippen LogP contribution is -2.44. The zero-order chi connectivity index (χ0) is 18.4. The molecule has 0 aliphatic heterocycles. The first-order chi connectivity index (χ1) is 11.8. The Hall–Kier alpha value is -2.82. The maximum Gasteiger partial charge on any atom is 0.226 e. The second kappa shape index (κ2) is 7.83. The summed E-state index contributed by atoms with van der Waals surface area (Å²) >= 11 is 0. The Labute approximate surface area is 148 Å². The molecular weight excluding hydrogens is 316 g/mol. The van der Waals surface area contributed by atoms with Crippen LogP contribution in [-0.4, -0.2) is 11.8 Å². The first-order valence-electron chi connectivity index (χ1n) is 8.02. The third kappa shape index (κ3) is 4.83. The van der Waals surface area contributed by atoms with Crippen LogP contribution in [0.1, 0.15) is 25.0 Å². The lowest BCUT2D eigenvalue weighted by atomic mass is 9.74. The summed E-state index contributed by atoms with van der Waals surface area (Å²) in [4.78, 5) is 23.3. The number of nitrogens with two attached hydrogens (primary N) is 2. The monoisotopic (exact) mass is 339 g/mol. The van der Waals surface area contributed by atoms with Gasteiger partial charge in [0.05, 0.1) is 11.3 Å². The molecule has 0 saturated heterocycles. The standard InChI is InChI=1S/C20H23N2O3/c1-20(2,19(22)24)17(18(21)23)12-14-8-10-16(11-9-14)25-13-15-6-4-3-5-7-15/h3-11H,12-13H2,1-2H3,(H2,21,23)(H2,22,24). The molecule has 25 heavy (non-hydrogen) atoms. The van der Waals surface area contributed by atoms with Crippen molar-refractivity contribution in [3.05, 3.63) is 71.6 Å². The number of primary amides is 2. The van der Waals surface area contributed by atoms with Gasteiger partial charge in [0.15, 0.2) is 0 Å². The third-order valence-electron chi connectivity index (χ3n) is 4.22. The van der Waals surface area contributed by atoms with Gasteiger partial charge < -0.3 is 16.2 Å². The lowest BCUT2D eigenvalue weighted by molar-refractivity contribution is -0.129. The fourth-order valence-electron chi connectivity index (χ4n) is 2.41. The zero-order valence-electron chi connectivity index (χ0n) is 14.5. The van der Waals surface area contributed by atoms with E-state index in [0.717, 1.165) is 16.9 Å². The molecule has 5 heteroatoms. The maximum atomic E-state index is 11.7. The van der Waals surface area contributed by atoms with E-state index >= 15 is 0 Å². The molecule has 1 radical (unpaired) electrons. The van der Waals surface area contributed by atoms with Gasteiger partial charge in [0, 0.05) is 0 Å². The topological polar surface area (TPSA) is 95.4 Å². The van der Waals surface area contributed by atoms with Crippen molar-refractivity contribution in [3.8, 4) is 5.75 Å². The van der Waals surface area contributed by atoms with E-state index in [9.17, 15) is 9.59 Å². The van der Waals surface area contributed by atoms with Gasteiger partial charge in [-0.2, -0.15) is 0 Å². The number of ether oxygens (including phenoxy) is 1. The van der Waals surface area contributed by atoms with Crippen LogP contribution >= 0.6 is 0 Å². The first-order valence-corrected chi connectivity index (χ1v) is 8.02. The number of hydrogen-bond donors (Lipinski definition) is 2. The fraction of sp³-hybridized carbons (Fsp3) is 0.250. The Bertz CT molecular complexity index is 724. The lowest BCUT2D eigenvalue weighted by Gasteiger charge is -2.28.